The fourth-order valence-corrected chi connectivity index (χ4v) is 2.63. The molecule has 2 aromatic carbocycles. The van der Waals surface area contributed by atoms with E-state index >= 15 is 0 Å². The van der Waals surface area contributed by atoms with Crippen LogP contribution < -0.4 is 0 Å². The molecular weight excluding hydrogens is 407 g/mol. The van der Waals surface area contributed by atoms with Crippen molar-refractivity contribution in [1.29, 1.82) is 0 Å². The second kappa shape index (κ2) is 6.15. The Kier molecular flexibility index (Phi) is 5.34. The average Bonchev–Trinajstić information content (AvgIpc) is 2.28. The maximum atomic E-state index is 11.1. The van der Waals surface area contributed by atoms with Crippen LogP contribution in [0.25, 0.3) is 10.8 Å². The summed E-state index contributed by atoms with van der Waals surface area (Å²) >= 11 is 14.2. The van der Waals surface area contributed by atoms with Gasteiger partial charge in [-0.2, -0.15) is 0 Å². The Morgan fingerprint density at radius 2 is 1.67 bits per heavy atom. The first-order valence-electron chi connectivity index (χ1n) is 4.62. The number of hydrogen-bond donors (Lipinski definition) is 0. The van der Waals surface area contributed by atoms with E-state index in [2.05, 4.69) is 15.9 Å². The maximum Gasteiger partial charge on any atom is 0.253 e. The molecule has 0 aliphatic carbocycles. The van der Waals surface area contributed by atoms with Crippen molar-refractivity contribution in [3.8, 4) is 0 Å². The molecule has 0 aromatic heterocycles. The molecule has 0 bridgehead atoms. The van der Waals surface area contributed by atoms with E-state index in [4.69, 9.17) is 23.2 Å². The van der Waals surface area contributed by atoms with Gasteiger partial charge in [0.25, 0.3) is 10.5 Å². The molecule has 94 valence electrons. The van der Waals surface area contributed by atoms with E-state index in [1.807, 2.05) is 0 Å². The maximum absolute atomic E-state index is 11.1. The van der Waals surface area contributed by atoms with Gasteiger partial charge in [0.2, 0.25) is 0 Å². The van der Waals surface area contributed by atoms with Crippen LogP contribution in [-0.4, -0.2) is 10.5 Å². The average molecular weight is 413 g/mol. The van der Waals surface area contributed by atoms with Crippen LogP contribution in [0.4, 0.5) is 0 Å². The molecule has 2 aromatic rings. The van der Waals surface area contributed by atoms with E-state index in [0.29, 0.717) is 15.6 Å². The van der Waals surface area contributed by atoms with Crippen LogP contribution in [0, 0.1) is 0 Å². The first-order valence-corrected chi connectivity index (χ1v) is 6.17. The van der Waals surface area contributed by atoms with Crippen molar-refractivity contribution >= 4 is 77.4 Å². The Morgan fingerprint density at radius 3 is 2.22 bits per heavy atom. The van der Waals surface area contributed by atoms with Crippen molar-refractivity contribution < 1.29 is 9.59 Å². The van der Waals surface area contributed by atoms with Gasteiger partial charge in [0.05, 0.1) is 0 Å². The molecule has 2 nitrogen and oxygen atoms in total. The Labute approximate surface area is 132 Å². The number of rotatable bonds is 2. The fourth-order valence-electron chi connectivity index (χ4n) is 1.57. The molecule has 18 heavy (non-hydrogen) atoms. The summed E-state index contributed by atoms with van der Waals surface area (Å²) < 4.78 is 0.614. The third kappa shape index (κ3) is 2.94. The molecule has 0 aliphatic rings. The summed E-state index contributed by atoms with van der Waals surface area (Å²) in [6.07, 6.45) is 0. The highest BCUT2D eigenvalue weighted by Gasteiger charge is 2.11. The lowest BCUT2D eigenvalue weighted by molar-refractivity contribution is 0.107. The number of carbonyl (C=O) groups is 2. The largest absolute Gasteiger partial charge is 0.276 e. The van der Waals surface area contributed by atoms with Gasteiger partial charge in [-0.15, -0.1) is 17.0 Å². The van der Waals surface area contributed by atoms with E-state index in [1.54, 1.807) is 30.3 Å². The molecule has 0 atom stereocenters. The molecule has 0 unspecified atom stereocenters. The van der Waals surface area contributed by atoms with E-state index < -0.39 is 10.5 Å². The Morgan fingerprint density at radius 1 is 1.00 bits per heavy atom. The van der Waals surface area contributed by atoms with Crippen LogP contribution in [-0.2, 0) is 0 Å². The molecular formula is C12H6Br2Cl2O2. The van der Waals surface area contributed by atoms with Gasteiger partial charge < -0.3 is 0 Å². The monoisotopic (exact) mass is 410 g/mol. The first kappa shape index (κ1) is 15.6. The lowest BCUT2D eigenvalue weighted by atomic mass is 10.1. The Bertz CT molecular complexity index is 641. The lowest BCUT2D eigenvalue weighted by Gasteiger charge is -2.05. The number of hydrogen-bond acceptors (Lipinski definition) is 2. The number of carbonyl (C=O) groups excluding carboxylic acids is 2. The lowest BCUT2D eigenvalue weighted by Crippen LogP contribution is -1.93. The van der Waals surface area contributed by atoms with E-state index in [1.165, 1.54) is 0 Å². The Hall–Kier alpha value is -0.420. The van der Waals surface area contributed by atoms with Crippen molar-refractivity contribution in [3.63, 3.8) is 0 Å². The van der Waals surface area contributed by atoms with Crippen LogP contribution in [0.15, 0.2) is 34.8 Å². The SMILES string of the molecule is Br.O=C(Cl)c1ccc2c(Br)c(C(=O)Cl)ccc2c1. The molecule has 0 spiro atoms. The number of fused-ring (bicyclic) bond motifs is 1. The second-order valence-corrected chi connectivity index (χ2v) is 4.89. The predicted octanol–water partition coefficient (Wildman–Crippen LogP) is 4.94. The van der Waals surface area contributed by atoms with Crippen LogP contribution in [0.1, 0.15) is 20.7 Å². The van der Waals surface area contributed by atoms with Crippen molar-refractivity contribution in [3.05, 3.63) is 45.9 Å². The van der Waals surface area contributed by atoms with Crippen LogP contribution >= 0.6 is 56.1 Å². The van der Waals surface area contributed by atoms with E-state index in [9.17, 15) is 9.59 Å². The van der Waals surface area contributed by atoms with Gasteiger partial charge in [-0.1, -0.05) is 12.1 Å². The molecule has 0 saturated carbocycles. The summed E-state index contributed by atoms with van der Waals surface area (Å²) in [7, 11) is 0. The molecule has 2 rings (SSSR count). The zero-order chi connectivity index (χ0) is 12.6. The Balaban J connectivity index is 0.00000162. The molecule has 0 heterocycles. The fraction of sp³-hybridized carbons (Fsp3) is 0. The zero-order valence-corrected chi connectivity index (χ0v) is 13.6. The van der Waals surface area contributed by atoms with E-state index in [0.717, 1.165) is 10.8 Å². The number of benzene rings is 2. The summed E-state index contributed by atoms with van der Waals surface area (Å²) in [6.45, 7) is 0. The van der Waals surface area contributed by atoms with Gasteiger partial charge in [-0.25, -0.2) is 0 Å². The first-order chi connectivity index (χ1) is 8.00. The van der Waals surface area contributed by atoms with E-state index in [-0.39, 0.29) is 17.0 Å². The van der Waals surface area contributed by atoms with Gasteiger partial charge in [0.1, 0.15) is 0 Å². The highest BCUT2D eigenvalue weighted by Crippen LogP contribution is 2.29. The minimum Gasteiger partial charge on any atom is -0.276 e. The van der Waals surface area contributed by atoms with Crippen molar-refractivity contribution in [2.24, 2.45) is 0 Å². The minimum absolute atomic E-state index is 0. The summed E-state index contributed by atoms with van der Waals surface area (Å²) in [6, 6.07) is 8.31. The summed E-state index contributed by atoms with van der Waals surface area (Å²) in [5.74, 6) is 0. The molecule has 0 amide bonds. The van der Waals surface area contributed by atoms with Crippen LogP contribution in [0.5, 0.6) is 0 Å². The third-order valence-electron chi connectivity index (χ3n) is 2.39. The van der Waals surface area contributed by atoms with Crippen LogP contribution in [0.2, 0.25) is 0 Å². The van der Waals surface area contributed by atoms with Crippen molar-refractivity contribution in [2.75, 3.05) is 0 Å². The van der Waals surface area contributed by atoms with Gasteiger partial charge >= 0.3 is 0 Å². The molecule has 6 heteroatoms. The topological polar surface area (TPSA) is 34.1 Å². The minimum atomic E-state index is -0.531. The quantitative estimate of drug-likeness (QED) is 0.655. The third-order valence-corrected chi connectivity index (χ3v) is 3.67. The van der Waals surface area contributed by atoms with Crippen molar-refractivity contribution in [2.45, 2.75) is 0 Å². The summed E-state index contributed by atoms with van der Waals surface area (Å²) in [5, 5.41) is 0.569. The van der Waals surface area contributed by atoms with Gasteiger partial charge in [-0.3, -0.25) is 9.59 Å². The summed E-state index contributed by atoms with van der Waals surface area (Å²) in [5.41, 5.74) is 0.806. The molecule has 0 N–H and O–H groups in total. The summed E-state index contributed by atoms with van der Waals surface area (Å²) in [4.78, 5) is 22.2. The predicted molar refractivity (Wildman–Crippen MR) is 82.3 cm³/mol. The molecule has 0 fully saturated rings. The van der Waals surface area contributed by atoms with Gasteiger partial charge in [0.15, 0.2) is 0 Å². The smallest absolute Gasteiger partial charge is 0.253 e. The van der Waals surface area contributed by atoms with Gasteiger partial charge in [0, 0.05) is 15.6 Å². The molecule has 0 saturated heterocycles. The van der Waals surface area contributed by atoms with Gasteiger partial charge in [-0.05, 0) is 68.1 Å². The zero-order valence-electron chi connectivity index (χ0n) is 8.75. The number of halogens is 4. The highest BCUT2D eigenvalue weighted by atomic mass is 79.9. The molecule has 0 radical (unpaired) electrons. The normalized spacial score (nSPS) is 9.94. The van der Waals surface area contributed by atoms with Crippen molar-refractivity contribution in [1.82, 2.24) is 0 Å². The highest BCUT2D eigenvalue weighted by molar-refractivity contribution is 9.10. The molecule has 0 aliphatic heterocycles. The standard InChI is InChI=1S/C12H5BrCl2O2.BrH/c13-10-8-3-2-7(11(14)16)5-6(8)1-4-9(10)12(15)17;/h1-5H;1H. The second-order valence-electron chi connectivity index (χ2n) is 3.41. The van der Waals surface area contributed by atoms with Crippen LogP contribution in [0.3, 0.4) is 0 Å².